The Morgan fingerprint density at radius 1 is 1.41 bits per heavy atom. The van der Waals surface area contributed by atoms with Crippen LogP contribution in [0, 0.1) is 18.8 Å². The van der Waals surface area contributed by atoms with Gasteiger partial charge >= 0.3 is 0 Å². The second kappa shape index (κ2) is 5.00. The fraction of sp³-hybridized carbons (Fsp3) is 0.692. The van der Waals surface area contributed by atoms with Crippen molar-refractivity contribution in [3.05, 3.63) is 27.9 Å². The predicted octanol–water partition coefficient (Wildman–Crippen LogP) is 1.56. The first-order chi connectivity index (χ1) is 8.02. The van der Waals surface area contributed by atoms with Gasteiger partial charge in [-0.05, 0) is 25.2 Å². The van der Waals surface area contributed by atoms with Crippen molar-refractivity contribution in [3.8, 4) is 0 Å². The van der Waals surface area contributed by atoms with Crippen LogP contribution in [0.4, 0.5) is 0 Å². The Bertz CT molecular complexity index is 431. The Labute approximate surface area is 102 Å². The zero-order valence-electron chi connectivity index (χ0n) is 10.9. The van der Waals surface area contributed by atoms with Crippen LogP contribution in [0.2, 0.25) is 0 Å². The Morgan fingerprint density at radius 2 is 2.06 bits per heavy atom. The van der Waals surface area contributed by atoms with E-state index in [4.69, 9.17) is 0 Å². The molecule has 1 N–H and O–H groups in total. The lowest BCUT2D eigenvalue weighted by Crippen LogP contribution is -2.38. The third kappa shape index (κ3) is 3.40. The zero-order chi connectivity index (χ0) is 12.4. The fourth-order valence-electron chi connectivity index (χ4n) is 2.85. The summed E-state index contributed by atoms with van der Waals surface area (Å²) in [5, 5.41) is 0. The largest absolute Gasteiger partial charge is 0.309 e. The molecule has 17 heavy (non-hydrogen) atoms. The molecule has 1 aromatic rings. The molecule has 1 fully saturated rings. The molecule has 0 spiro atoms. The van der Waals surface area contributed by atoms with Crippen molar-refractivity contribution in [1.82, 2.24) is 14.9 Å². The van der Waals surface area contributed by atoms with Crippen LogP contribution < -0.4 is 5.56 Å². The number of piperidine rings is 1. The van der Waals surface area contributed by atoms with E-state index in [-0.39, 0.29) is 5.56 Å². The van der Waals surface area contributed by atoms with E-state index < -0.39 is 0 Å². The van der Waals surface area contributed by atoms with Crippen molar-refractivity contribution in [3.63, 3.8) is 0 Å². The van der Waals surface area contributed by atoms with Gasteiger partial charge in [0.1, 0.15) is 5.82 Å². The number of hydrogen-bond acceptors (Lipinski definition) is 3. The minimum atomic E-state index is -0.0504. The number of aromatic amines is 1. The summed E-state index contributed by atoms with van der Waals surface area (Å²) in [6.45, 7) is 9.39. The minimum Gasteiger partial charge on any atom is -0.309 e. The molecular weight excluding hydrogens is 214 g/mol. The van der Waals surface area contributed by atoms with Crippen molar-refractivity contribution in [2.75, 3.05) is 13.1 Å². The van der Waals surface area contributed by atoms with Crippen LogP contribution in [0.5, 0.6) is 0 Å². The first-order valence-corrected chi connectivity index (χ1v) is 6.32. The van der Waals surface area contributed by atoms with E-state index in [1.165, 1.54) is 12.5 Å². The van der Waals surface area contributed by atoms with Gasteiger partial charge in [0, 0.05) is 24.8 Å². The molecule has 94 valence electrons. The second-order valence-corrected chi connectivity index (χ2v) is 5.47. The number of likely N-dealkylation sites (tertiary alicyclic amines) is 1. The molecule has 4 nitrogen and oxygen atoms in total. The summed E-state index contributed by atoms with van der Waals surface area (Å²) in [6, 6.07) is 1.53. The van der Waals surface area contributed by atoms with Gasteiger partial charge in [-0.1, -0.05) is 13.8 Å². The molecule has 2 rings (SSSR count). The highest BCUT2D eigenvalue weighted by Gasteiger charge is 2.22. The van der Waals surface area contributed by atoms with E-state index in [2.05, 4.69) is 28.7 Å². The SMILES string of the molecule is Cc1cc(=O)[nH]c(CN2CC(C)CC(C)C2)n1. The summed E-state index contributed by atoms with van der Waals surface area (Å²) in [5.74, 6) is 2.25. The third-order valence-corrected chi connectivity index (χ3v) is 3.24. The molecule has 4 heteroatoms. The van der Waals surface area contributed by atoms with E-state index >= 15 is 0 Å². The van der Waals surface area contributed by atoms with E-state index in [1.807, 2.05) is 6.92 Å². The van der Waals surface area contributed by atoms with Crippen LogP contribution in [0.25, 0.3) is 0 Å². The van der Waals surface area contributed by atoms with Gasteiger partial charge in [0.2, 0.25) is 0 Å². The maximum atomic E-state index is 11.4. The highest BCUT2D eigenvalue weighted by atomic mass is 16.1. The molecule has 2 unspecified atom stereocenters. The number of nitrogens with one attached hydrogen (secondary N) is 1. The topological polar surface area (TPSA) is 49.0 Å². The van der Waals surface area contributed by atoms with Crippen LogP contribution in [-0.2, 0) is 6.54 Å². The van der Waals surface area contributed by atoms with Gasteiger partial charge in [0.05, 0.1) is 6.54 Å². The molecule has 1 saturated heterocycles. The average Bonchev–Trinajstić information content (AvgIpc) is 2.13. The zero-order valence-corrected chi connectivity index (χ0v) is 10.9. The van der Waals surface area contributed by atoms with E-state index in [1.54, 1.807) is 0 Å². The average molecular weight is 235 g/mol. The number of nitrogens with zero attached hydrogens (tertiary/aromatic N) is 2. The van der Waals surface area contributed by atoms with Crippen molar-refractivity contribution < 1.29 is 0 Å². The Hall–Kier alpha value is -1.16. The Morgan fingerprint density at radius 3 is 2.65 bits per heavy atom. The van der Waals surface area contributed by atoms with Crippen LogP contribution in [0.1, 0.15) is 31.8 Å². The monoisotopic (exact) mass is 235 g/mol. The summed E-state index contributed by atoms with van der Waals surface area (Å²) >= 11 is 0. The lowest BCUT2D eigenvalue weighted by Gasteiger charge is -2.34. The predicted molar refractivity (Wildman–Crippen MR) is 67.8 cm³/mol. The number of aryl methyl sites for hydroxylation is 1. The lowest BCUT2D eigenvalue weighted by atomic mass is 9.92. The van der Waals surface area contributed by atoms with Gasteiger partial charge in [0.25, 0.3) is 5.56 Å². The summed E-state index contributed by atoms with van der Waals surface area (Å²) in [7, 11) is 0. The standard InChI is InChI=1S/C13H21N3O/c1-9-4-10(2)7-16(6-9)8-12-14-11(3)5-13(17)15-12/h5,9-10H,4,6-8H2,1-3H3,(H,14,15,17). The maximum Gasteiger partial charge on any atom is 0.251 e. The molecule has 0 radical (unpaired) electrons. The number of aromatic nitrogens is 2. The van der Waals surface area contributed by atoms with Gasteiger partial charge in [-0.2, -0.15) is 0 Å². The number of hydrogen-bond donors (Lipinski definition) is 1. The summed E-state index contributed by atoms with van der Waals surface area (Å²) in [6.07, 6.45) is 1.30. The maximum absolute atomic E-state index is 11.4. The smallest absolute Gasteiger partial charge is 0.251 e. The van der Waals surface area contributed by atoms with Gasteiger partial charge in [-0.25, -0.2) is 4.98 Å². The van der Waals surface area contributed by atoms with Gasteiger partial charge in [0.15, 0.2) is 0 Å². The molecule has 0 saturated carbocycles. The molecule has 2 atom stereocenters. The van der Waals surface area contributed by atoms with Gasteiger partial charge < -0.3 is 4.98 Å². The van der Waals surface area contributed by atoms with E-state index in [0.717, 1.165) is 43.0 Å². The fourth-order valence-corrected chi connectivity index (χ4v) is 2.85. The molecule has 1 aliphatic rings. The Balaban J connectivity index is 2.07. The first-order valence-electron chi connectivity index (χ1n) is 6.32. The van der Waals surface area contributed by atoms with Crippen LogP contribution >= 0.6 is 0 Å². The highest BCUT2D eigenvalue weighted by molar-refractivity contribution is 5.00. The summed E-state index contributed by atoms with van der Waals surface area (Å²) in [5.41, 5.74) is 0.743. The lowest BCUT2D eigenvalue weighted by molar-refractivity contribution is 0.131. The van der Waals surface area contributed by atoms with Crippen molar-refractivity contribution in [2.24, 2.45) is 11.8 Å². The minimum absolute atomic E-state index is 0.0504. The van der Waals surface area contributed by atoms with E-state index in [9.17, 15) is 4.79 Å². The number of H-pyrrole nitrogens is 1. The third-order valence-electron chi connectivity index (χ3n) is 3.24. The molecule has 2 heterocycles. The van der Waals surface area contributed by atoms with Gasteiger partial charge in [-0.3, -0.25) is 9.69 Å². The van der Waals surface area contributed by atoms with Crippen LogP contribution in [-0.4, -0.2) is 28.0 Å². The van der Waals surface area contributed by atoms with Gasteiger partial charge in [-0.15, -0.1) is 0 Å². The molecule has 0 amide bonds. The molecule has 1 aliphatic heterocycles. The second-order valence-electron chi connectivity index (χ2n) is 5.47. The first kappa shape index (κ1) is 12.3. The van der Waals surface area contributed by atoms with E-state index in [0.29, 0.717) is 0 Å². The van der Waals surface area contributed by atoms with Crippen molar-refractivity contribution in [1.29, 1.82) is 0 Å². The quantitative estimate of drug-likeness (QED) is 0.846. The molecular formula is C13H21N3O. The van der Waals surface area contributed by atoms with Crippen LogP contribution in [0.3, 0.4) is 0 Å². The van der Waals surface area contributed by atoms with Crippen molar-refractivity contribution in [2.45, 2.75) is 33.7 Å². The molecule has 0 aromatic carbocycles. The normalized spacial score (nSPS) is 26.1. The molecule has 0 bridgehead atoms. The Kier molecular flexibility index (Phi) is 3.62. The highest BCUT2D eigenvalue weighted by Crippen LogP contribution is 2.21. The summed E-state index contributed by atoms with van der Waals surface area (Å²) < 4.78 is 0. The van der Waals surface area contributed by atoms with Crippen LogP contribution in [0.15, 0.2) is 10.9 Å². The number of rotatable bonds is 2. The van der Waals surface area contributed by atoms with Crippen molar-refractivity contribution >= 4 is 0 Å². The molecule has 1 aromatic heterocycles. The molecule has 0 aliphatic carbocycles. The summed E-state index contributed by atoms with van der Waals surface area (Å²) in [4.78, 5) is 21.0.